The molecule has 3 rings (SSSR count). The molecule has 130 valence electrons. The number of hydrogen-bond donors (Lipinski definition) is 1. The third kappa shape index (κ3) is 3.22. The number of halogens is 1. The van der Waals surface area contributed by atoms with Gasteiger partial charge in [0.2, 0.25) is 10.0 Å². The van der Waals surface area contributed by atoms with E-state index in [1.165, 1.54) is 27.4 Å². The van der Waals surface area contributed by atoms with Gasteiger partial charge in [0.25, 0.3) is 0 Å². The lowest BCUT2D eigenvalue weighted by Gasteiger charge is -2.32. The van der Waals surface area contributed by atoms with Crippen LogP contribution in [-0.4, -0.2) is 41.6 Å². The van der Waals surface area contributed by atoms with Crippen LogP contribution >= 0.6 is 0 Å². The quantitative estimate of drug-likeness (QED) is 0.909. The molecule has 24 heavy (non-hydrogen) atoms. The maximum absolute atomic E-state index is 13.8. The number of hydrogen-bond acceptors (Lipinski definition) is 4. The topological polar surface area (TPSA) is 81.2 Å². The molecule has 0 saturated carbocycles. The van der Waals surface area contributed by atoms with Crippen molar-refractivity contribution in [3.8, 4) is 5.69 Å². The molecule has 1 aliphatic heterocycles. The summed E-state index contributed by atoms with van der Waals surface area (Å²) in [6, 6.07) is 6.17. The van der Waals surface area contributed by atoms with Gasteiger partial charge in [0.15, 0.2) is 0 Å². The molecule has 6 nitrogen and oxygen atoms in total. The molecular formula is C16H21FN4O2S. The number of benzene rings is 1. The van der Waals surface area contributed by atoms with E-state index in [4.69, 9.17) is 5.73 Å². The fourth-order valence-corrected chi connectivity index (χ4v) is 4.40. The summed E-state index contributed by atoms with van der Waals surface area (Å²) in [5, 5.41) is 4.00. The third-order valence-electron chi connectivity index (χ3n) is 4.54. The van der Waals surface area contributed by atoms with Gasteiger partial charge in [0.05, 0.1) is 12.4 Å². The lowest BCUT2D eigenvalue weighted by Crippen LogP contribution is -2.42. The zero-order chi connectivity index (χ0) is 17.3. The molecular weight excluding hydrogens is 331 g/mol. The molecule has 0 radical (unpaired) electrons. The molecule has 8 heteroatoms. The van der Waals surface area contributed by atoms with E-state index in [1.807, 2.05) is 6.92 Å². The summed E-state index contributed by atoms with van der Waals surface area (Å²) in [6.45, 7) is 2.84. The Balaban J connectivity index is 1.81. The van der Waals surface area contributed by atoms with Gasteiger partial charge in [-0.1, -0.05) is 12.1 Å². The van der Waals surface area contributed by atoms with Crippen molar-refractivity contribution < 1.29 is 12.8 Å². The standard InChI is InChI=1S/C16H21FN4O2S/c1-12(18)13-6-8-20(9-7-13)24(22,23)14-10-19-21(11-14)16-5-3-2-4-15(16)17/h2-5,10-13H,6-9,18H2,1H3. The van der Waals surface area contributed by atoms with Gasteiger partial charge < -0.3 is 5.73 Å². The van der Waals surface area contributed by atoms with Crippen molar-refractivity contribution in [2.75, 3.05) is 13.1 Å². The van der Waals surface area contributed by atoms with Crippen LogP contribution in [0.25, 0.3) is 5.69 Å². The van der Waals surface area contributed by atoms with Crippen molar-refractivity contribution >= 4 is 10.0 Å². The molecule has 1 aliphatic rings. The average Bonchev–Trinajstić information content (AvgIpc) is 3.06. The first-order valence-electron chi connectivity index (χ1n) is 7.95. The number of nitrogens with zero attached hydrogens (tertiary/aromatic N) is 3. The first kappa shape index (κ1) is 17.1. The van der Waals surface area contributed by atoms with Crippen molar-refractivity contribution in [1.29, 1.82) is 0 Å². The maximum atomic E-state index is 13.8. The number of rotatable bonds is 4. The van der Waals surface area contributed by atoms with E-state index in [0.29, 0.717) is 19.0 Å². The van der Waals surface area contributed by atoms with Gasteiger partial charge in [-0.15, -0.1) is 0 Å². The normalized spacial score (nSPS) is 18.6. The second-order valence-corrected chi connectivity index (χ2v) is 8.11. The Morgan fingerprint density at radius 3 is 2.58 bits per heavy atom. The van der Waals surface area contributed by atoms with E-state index in [-0.39, 0.29) is 16.6 Å². The van der Waals surface area contributed by atoms with Crippen LogP contribution in [0.3, 0.4) is 0 Å². The molecule has 1 saturated heterocycles. The molecule has 0 bridgehead atoms. The van der Waals surface area contributed by atoms with Crippen LogP contribution in [0.4, 0.5) is 4.39 Å². The summed E-state index contributed by atoms with van der Waals surface area (Å²) in [5.74, 6) is -0.111. The Bertz CT molecular complexity index is 811. The minimum Gasteiger partial charge on any atom is -0.328 e. The Morgan fingerprint density at radius 2 is 1.96 bits per heavy atom. The summed E-state index contributed by atoms with van der Waals surface area (Å²) in [6.07, 6.45) is 4.11. The van der Waals surface area contributed by atoms with Crippen LogP contribution in [0, 0.1) is 11.7 Å². The zero-order valence-corrected chi connectivity index (χ0v) is 14.3. The van der Waals surface area contributed by atoms with E-state index in [2.05, 4.69) is 5.10 Å². The van der Waals surface area contributed by atoms with Crippen LogP contribution in [0.2, 0.25) is 0 Å². The van der Waals surface area contributed by atoms with Crippen molar-refractivity contribution in [1.82, 2.24) is 14.1 Å². The van der Waals surface area contributed by atoms with Crippen molar-refractivity contribution in [2.24, 2.45) is 11.7 Å². The Labute approximate surface area is 141 Å². The predicted molar refractivity (Wildman–Crippen MR) is 88.7 cm³/mol. The van der Waals surface area contributed by atoms with Gasteiger partial charge in [0, 0.05) is 19.1 Å². The monoisotopic (exact) mass is 352 g/mol. The largest absolute Gasteiger partial charge is 0.328 e. The van der Waals surface area contributed by atoms with Crippen LogP contribution in [0.15, 0.2) is 41.6 Å². The molecule has 2 aromatic rings. The summed E-state index contributed by atoms with van der Waals surface area (Å²) in [4.78, 5) is 0.0741. The molecule has 0 aliphatic carbocycles. The molecule has 1 atom stereocenters. The highest BCUT2D eigenvalue weighted by Gasteiger charge is 2.31. The molecule has 1 fully saturated rings. The van der Waals surface area contributed by atoms with Crippen molar-refractivity contribution in [3.05, 3.63) is 42.5 Å². The number of aromatic nitrogens is 2. The smallest absolute Gasteiger partial charge is 0.246 e. The lowest BCUT2D eigenvalue weighted by atomic mass is 9.92. The summed E-state index contributed by atoms with van der Waals surface area (Å²) < 4.78 is 42.0. The van der Waals surface area contributed by atoms with E-state index in [0.717, 1.165) is 12.8 Å². The van der Waals surface area contributed by atoms with Crippen molar-refractivity contribution in [2.45, 2.75) is 30.7 Å². The van der Waals surface area contributed by atoms with Gasteiger partial charge in [-0.05, 0) is 37.8 Å². The molecule has 2 N–H and O–H groups in total. The minimum atomic E-state index is -3.62. The van der Waals surface area contributed by atoms with Crippen LogP contribution in [0.1, 0.15) is 19.8 Å². The molecule has 1 aromatic carbocycles. The summed E-state index contributed by atoms with van der Waals surface area (Å²) >= 11 is 0. The Hall–Kier alpha value is -1.77. The second kappa shape index (κ2) is 6.62. The number of para-hydroxylation sites is 1. The van der Waals surface area contributed by atoms with Crippen LogP contribution in [-0.2, 0) is 10.0 Å². The zero-order valence-electron chi connectivity index (χ0n) is 13.5. The molecule has 0 amide bonds. The lowest BCUT2D eigenvalue weighted by molar-refractivity contribution is 0.250. The second-order valence-electron chi connectivity index (χ2n) is 6.17. The molecule has 1 unspecified atom stereocenters. The summed E-state index contributed by atoms with van der Waals surface area (Å²) in [5.41, 5.74) is 6.12. The van der Waals surface area contributed by atoms with Gasteiger partial charge in [0.1, 0.15) is 16.4 Å². The van der Waals surface area contributed by atoms with E-state index >= 15 is 0 Å². The molecule has 2 heterocycles. The van der Waals surface area contributed by atoms with E-state index in [1.54, 1.807) is 18.2 Å². The van der Waals surface area contributed by atoms with Crippen molar-refractivity contribution in [3.63, 3.8) is 0 Å². The summed E-state index contributed by atoms with van der Waals surface area (Å²) in [7, 11) is -3.62. The third-order valence-corrected chi connectivity index (χ3v) is 6.39. The van der Waals surface area contributed by atoms with Gasteiger partial charge in [-0.2, -0.15) is 9.40 Å². The van der Waals surface area contributed by atoms with E-state index in [9.17, 15) is 12.8 Å². The number of piperidine rings is 1. The average molecular weight is 352 g/mol. The number of sulfonamides is 1. The highest BCUT2D eigenvalue weighted by molar-refractivity contribution is 7.89. The van der Waals surface area contributed by atoms with E-state index < -0.39 is 15.8 Å². The Kier molecular flexibility index (Phi) is 4.71. The fourth-order valence-electron chi connectivity index (χ4n) is 3.00. The van der Waals surface area contributed by atoms with Crippen LogP contribution in [0.5, 0.6) is 0 Å². The maximum Gasteiger partial charge on any atom is 0.246 e. The van der Waals surface area contributed by atoms with Crippen LogP contribution < -0.4 is 5.73 Å². The highest BCUT2D eigenvalue weighted by Crippen LogP contribution is 2.25. The van der Waals surface area contributed by atoms with Gasteiger partial charge in [-0.25, -0.2) is 17.5 Å². The predicted octanol–water partition coefficient (Wildman–Crippen LogP) is 1.76. The fraction of sp³-hybridized carbons (Fsp3) is 0.438. The Morgan fingerprint density at radius 1 is 1.29 bits per heavy atom. The highest BCUT2D eigenvalue weighted by atomic mass is 32.2. The first-order valence-corrected chi connectivity index (χ1v) is 9.39. The molecule has 1 aromatic heterocycles. The SMILES string of the molecule is CC(N)C1CCN(S(=O)(=O)c2cnn(-c3ccccc3F)c2)CC1. The van der Waals surface area contributed by atoms with Gasteiger partial charge in [-0.3, -0.25) is 0 Å². The molecule has 0 spiro atoms. The minimum absolute atomic E-state index is 0.0682. The number of nitrogens with two attached hydrogens (primary N) is 1. The van der Waals surface area contributed by atoms with Gasteiger partial charge >= 0.3 is 0 Å². The first-order chi connectivity index (χ1) is 11.4.